The molecule has 0 aliphatic rings. The predicted molar refractivity (Wildman–Crippen MR) is 77.5 cm³/mol. The summed E-state index contributed by atoms with van der Waals surface area (Å²) < 4.78 is 1.06. The summed E-state index contributed by atoms with van der Waals surface area (Å²) in [6, 6.07) is 4.65. The van der Waals surface area contributed by atoms with Crippen LogP contribution in [0, 0.1) is 6.92 Å². The molecule has 0 aliphatic carbocycles. The fraction of sp³-hybridized carbons (Fsp3) is 0.615. The summed E-state index contributed by atoms with van der Waals surface area (Å²) >= 11 is 3.45. The maximum Gasteiger partial charge on any atom is 0.126 e. The molecule has 0 unspecified atom stereocenters. The van der Waals surface area contributed by atoms with Gasteiger partial charge in [0.25, 0.3) is 0 Å². The van der Waals surface area contributed by atoms with Gasteiger partial charge in [-0.25, -0.2) is 4.98 Å². The van der Waals surface area contributed by atoms with Gasteiger partial charge in [0.2, 0.25) is 0 Å². The van der Waals surface area contributed by atoms with Crippen molar-refractivity contribution < 1.29 is 0 Å². The van der Waals surface area contributed by atoms with E-state index in [9.17, 15) is 0 Å². The van der Waals surface area contributed by atoms with Crippen molar-refractivity contribution in [2.75, 3.05) is 25.5 Å². The van der Waals surface area contributed by atoms with E-state index in [1.807, 2.05) is 19.1 Å². The molecule has 1 aromatic heterocycles. The van der Waals surface area contributed by atoms with Gasteiger partial charge >= 0.3 is 0 Å². The minimum Gasteiger partial charge on any atom is -0.370 e. The van der Waals surface area contributed by atoms with Crippen molar-refractivity contribution in [3.8, 4) is 0 Å². The molecular formula is C13H22BrN3. The SMILES string of the molecule is Cc1nc(NCCCN(C)C(C)C)ccc1Br. The van der Waals surface area contributed by atoms with Gasteiger partial charge in [-0.2, -0.15) is 0 Å². The highest BCUT2D eigenvalue weighted by molar-refractivity contribution is 9.10. The van der Waals surface area contributed by atoms with Gasteiger partial charge in [0.15, 0.2) is 0 Å². The van der Waals surface area contributed by atoms with E-state index in [2.05, 4.69) is 52.0 Å². The number of halogens is 1. The Morgan fingerprint density at radius 2 is 2.12 bits per heavy atom. The summed E-state index contributed by atoms with van der Waals surface area (Å²) in [5.74, 6) is 0.956. The third kappa shape index (κ3) is 5.04. The Morgan fingerprint density at radius 1 is 1.41 bits per heavy atom. The number of pyridine rings is 1. The van der Waals surface area contributed by atoms with E-state index in [1.54, 1.807) is 0 Å². The van der Waals surface area contributed by atoms with E-state index in [1.165, 1.54) is 0 Å². The van der Waals surface area contributed by atoms with E-state index in [-0.39, 0.29) is 0 Å². The number of rotatable bonds is 6. The van der Waals surface area contributed by atoms with Crippen molar-refractivity contribution >= 4 is 21.7 Å². The average Bonchev–Trinajstić information content (AvgIpc) is 2.28. The minimum atomic E-state index is 0.614. The van der Waals surface area contributed by atoms with Crippen molar-refractivity contribution in [2.24, 2.45) is 0 Å². The molecule has 0 aromatic carbocycles. The first-order valence-corrected chi connectivity index (χ1v) is 6.87. The van der Waals surface area contributed by atoms with E-state index >= 15 is 0 Å². The van der Waals surface area contributed by atoms with Crippen LogP contribution in [0.3, 0.4) is 0 Å². The molecule has 4 heteroatoms. The highest BCUT2D eigenvalue weighted by Gasteiger charge is 2.02. The molecule has 17 heavy (non-hydrogen) atoms. The monoisotopic (exact) mass is 299 g/mol. The maximum atomic E-state index is 4.45. The zero-order valence-electron chi connectivity index (χ0n) is 11.1. The molecule has 1 aromatic rings. The number of hydrogen-bond donors (Lipinski definition) is 1. The molecule has 1 heterocycles. The van der Waals surface area contributed by atoms with Crippen molar-refractivity contribution in [2.45, 2.75) is 33.2 Å². The minimum absolute atomic E-state index is 0.614. The van der Waals surface area contributed by atoms with E-state index in [4.69, 9.17) is 0 Å². The highest BCUT2D eigenvalue weighted by atomic mass is 79.9. The molecule has 0 radical (unpaired) electrons. The molecule has 0 bridgehead atoms. The Kier molecular flexibility index (Phi) is 5.92. The number of aromatic nitrogens is 1. The van der Waals surface area contributed by atoms with Crippen LogP contribution >= 0.6 is 15.9 Å². The van der Waals surface area contributed by atoms with Crippen LogP contribution in [-0.2, 0) is 0 Å². The quantitative estimate of drug-likeness (QED) is 0.817. The molecule has 0 spiro atoms. The van der Waals surface area contributed by atoms with Gasteiger partial charge in [-0.3, -0.25) is 0 Å². The molecular weight excluding hydrogens is 278 g/mol. The average molecular weight is 300 g/mol. The van der Waals surface area contributed by atoms with Crippen LogP contribution in [0.25, 0.3) is 0 Å². The first kappa shape index (κ1) is 14.5. The molecule has 0 saturated carbocycles. The molecule has 0 saturated heterocycles. The molecule has 0 amide bonds. The van der Waals surface area contributed by atoms with Gasteiger partial charge in [-0.05, 0) is 68.8 Å². The lowest BCUT2D eigenvalue weighted by molar-refractivity contribution is 0.273. The molecule has 96 valence electrons. The lowest BCUT2D eigenvalue weighted by Gasteiger charge is -2.20. The van der Waals surface area contributed by atoms with Crippen LogP contribution in [0.15, 0.2) is 16.6 Å². The Bertz CT molecular complexity index is 353. The zero-order valence-corrected chi connectivity index (χ0v) is 12.7. The number of hydrogen-bond acceptors (Lipinski definition) is 3. The maximum absolute atomic E-state index is 4.45. The Balaban J connectivity index is 2.29. The Morgan fingerprint density at radius 3 is 2.71 bits per heavy atom. The fourth-order valence-corrected chi connectivity index (χ4v) is 1.67. The lowest BCUT2D eigenvalue weighted by atomic mass is 10.3. The van der Waals surface area contributed by atoms with Crippen LogP contribution in [0.1, 0.15) is 26.0 Å². The summed E-state index contributed by atoms with van der Waals surface area (Å²) in [4.78, 5) is 6.80. The fourth-order valence-electron chi connectivity index (χ4n) is 1.45. The van der Waals surface area contributed by atoms with Crippen LogP contribution in [0.5, 0.6) is 0 Å². The van der Waals surface area contributed by atoms with Gasteiger partial charge in [0.1, 0.15) is 5.82 Å². The third-order valence-electron chi connectivity index (χ3n) is 2.90. The first-order valence-electron chi connectivity index (χ1n) is 6.08. The van der Waals surface area contributed by atoms with Crippen molar-refractivity contribution in [1.82, 2.24) is 9.88 Å². The van der Waals surface area contributed by atoms with Crippen LogP contribution in [0.2, 0.25) is 0 Å². The van der Waals surface area contributed by atoms with E-state index < -0.39 is 0 Å². The van der Waals surface area contributed by atoms with Gasteiger partial charge in [-0.1, -0.05) is 0 Å². The molecule has 0 fully saturated rings. The normalized spacial score (nSPS) is 11.2. The van der Waals surface area contributed by atoms with E-state index in [0.717, 1.165) is 35.5 Å². The molecule has 1 rings (SSSR count). The number of nitrogens with one attached hydrogen (secondary N) is 1. The van der Waals surface area contributed by atoms with Crippen molar-refractivity contribution in [3.63, 3.8) is 0 Å². The smallest absolute Gasteiger partial charge is 0.126 e. The summed E-state index contributed by atoms with van der Waals surface area (Å²) in [5, 5.41) is 3.35. The number of nitrogens with zero attached hydrogens (tertiary/aromatic N) is 2. The first-order chi connectivity index (χ1) is 8.00. The topological polar surface area (TPSA) is 28.2 Å². The predicted octanol–water partition coefficient (Wildman–Crippen LogP) is 3.29. The highest BCUT2D eigenvalue weighted by Crippen LogP contribution is 2.15. The summed E-state index contributed by atoms with van der Waals surface area (Å²) in [6.45, 7) is 8.51. The van der Waals surface area contributed by atoms with E-state index in [0.29, 0.717) is 6.04 Å². The van der Waals surface area contributed by atoms with Crippen LogP contribution in [-0.4, -0.2) is 36.1 Å². The largest absolute Gasteiger partial charge is 0.370 e. The van der Waals surface area contributed by atoms with Gasteiger partial charge in [0, 0.05) is 17.1 Å². The summed E-state index contributed by atoms with van der Waals surface area (Å²) in [6.07, 6.45) is 1.13. The van der Waals surface area contributed by atoms with Crippen LogP contribution in [0.4, 0.5) is 5.82 Å². The second kappa shape index (κ2) is 6.97. The van der Waals surface area contributed by atoms with Crippen molar-refractivity contribution in [1.29, 1.82) is 0 Å². The molecule has 3 nitrogen and oxygen atoms in total. The van der Waals surface area contributed by atoms with Gasteiger partial charge in [-0.15, -0.1) is 0 Å². The molecule has 0 atom stereocenters. The number of aryl methyl sites for hydroxylation is 1. The lowest BCUT2D eigenvalue weighted by Crippen LogP contribution is -2.28. The van der Waals surface area contributed by atoms with Gasteiger partial charge < -0.3 is 10.2 Å². The summed E-state index contributed by atoms with van der Waals surface area (Å²) in [5.41, 5.74) is 1.02. The van der Waals surface area contributed by atoms with Crippen molar-refractivity contribution in [3.05, 3.63) is 22.3 Å². The zero-order chi connectivity index (χ0) is 12.8. The third-order valence-corrected chi connectivity index (χ3v) is 3.73. The molecule has 1 N–H and O–H groups in total. The number of anilines is 1. The second-order valence-electron chi connectivity index (χ2n) is 4.62. The second-order valence-corrected chi connectivity index (χ2v) is 5.47. The van der Waals surface area contributed by atoms with Gasteiger partial charge in [0.05, 0.1) is 5.69 Å². The summed E-state index contributed by atoms with van der Waals surface area (Å²) in [7, 11) is 2.16. The van der Waals surface area contributed by atoms with Crippen LogP contribution < -0.4 is 5.32 Å². The standard InChI is InChI=1S/C13H22BrN3/c1-10(2)17(4)9-5-8-15-13-7-6-12(14)11(3)16-13/h6-7,10H,5,8-9H2,1-4H3,(H,15,16). The molecule has 0 aliphatic heterocycles. The Labute approximate surface area is 113 Å². The Hall–Kier alpha value is -0.610.